The summed E-state index contributed by atoms with van der Waals surface area (Å²) < 4.78 is 1.87. The lowest BCUT2D eigenvalue weighted by Crippen LogP contribution is -2.17. The molecule has 0 unspecified atom stereocenters. The lowest BCUT2D eigenvalue weighted by Gasteiger charge is -2.10. The minimum atomic E-state index is -0.272. The molecule has 1 N–H and O–H groups in total. The van der Waals surface area contributed by atoms with Crippen LogP contribution in [0.3, 0.4) is 0 Å². The molecular weight excluding hydrogens is 466 g/mol. The van der Waals surface area contributed by atoms with Crippen molar-refractivity contribution in [2.75, 3.05) is 0 Å². The number of hydrazone groups is 1. The van der Waals surface area contributed by atoms with Crippen LogP contribution in [-0.4, -0.2) is 26.9 Å². The molecule has 4 aromatic carbocycles. The molecule has 5 rings (SSSR count). The zero-order chi connectivity index (χ0) is 23.5. The number of nitrogens with zero attached hydrogens (tertiary/aromatic N) is 4. The molecule has 0 atom stereocenters. The van der Waals surface area contributed by atoms with E-state index in [9.17, 15) is 4.79 Å². The summed E-state index contributed by atoms with van der Waals surface area (Å²) in [6, 6.07) is 23.3. The van der Waals surface area contributed by atoms with Gasteiger partial charge in [-0.15, -0.1) is 10.2 Å². The zero-order valence-electron chi connectivity index (χ0n) is 18.3. The van der Waals surface area contributed by atoms with Crippen molar-refractivity contribution in [3.63, 3.8) is 0 Å². The molecule has 6 nitrogen and oxygen atoms in total. The van der Waals surface area contributed by atoms with Crippen LogP contribution in [-0.2, 0) is 12.8 Å². The van der Waals surface area contributed by atoms with E-state index in [1.165, 1.54) is 0 Å². The molecule has 34 heavy (non-hydrogen) atoms. The summed E-state index contributed by atoms with van der Waals surface area (Å²) in [5.41, 5.74) is 5.18. The number of fused-ring (bicyclic) bond motifs is 2. The Hall–Kier alpha value is -3.68. The molecule has 0 bridgehead atoms. The molecule has 0 saturated carbocycles. The van der Waals surface area contributed by atoms with Gasteiger partial charge in [-0.05, 0) is 28.5 Å². The number of carbonyl (C=O) groups is 1. The number of halogens is 1. The van der Waals surface area contributed by atoms with Crippen molar-refractivity contribution in [3.05, 3.63) is 101 Å². The fraction of sp³-hybridized carbons (Fsp3) is 0.0769. The van der Waals surface area contributed by atoms with Crippen LogP contribution >= 0.6 is 23.4 Å². The summed E-state index contributed by atoms with van der Waals surface area (Å²) in [6.45, 7) is 0. The maximum atomic E-state index is 12.6. The van der Waals surface area contributed by atoms with Crippen LogP contribution < -0.4 is 5.43 Å². The number of hydrogen-bond donors (Lipinski definition) is 1. The van der Waals surface area contributed by atoms with Gasteiger partial charge in [0, 0.05) is 34.7 Å². The highest BCUT2D eigenvalue weighted by Crippen LogP contribution is 2.35. The fourth-order valence-corrected chi connectivity index (χ4v) is 4.94. The lowest BCUT2D eigenvalue weighted by molar-refractivity contribution is 0.0955. The Kier molecular flexibility index (Phi) is 6.29. The molecule has 0 aliphatic rings. The van der Waals surface area contributed by atoms with Crippen molar-refractivity contribution in [2.24, 2.45) is 12.1 Å². The van der Waals surface area contributed by atoms with E-state index in [4.69, 9.17) is 11.6 Å². The van der Waals surface area contributed by atoms with Gasteiger partial charge in [0.05, 0.1) is 11.2 Å². The topological polar surface area (TPSA) is 72.2 Å². The third-order valence-electron chi connectivity index (χ3n) is 5.52. The number of thioether (sulfide) groups is 1. The third kappa shape index (κ3) is 4.40. The quantitative estimate of drug-likeness (QED) is 0.142. The number of carbonyl (C=O) groups excluding carboxylic acids is 1. The first kappa shape index (κ1) is 22.1. The molecular formula is C26H20ClN5OS. The van der Waals surface area contributed by atoms with Crippen molar-refractivity contribution in [1.82, 2.24) is 20.2 Å². The monoisotopic (exact) mass is 485 g/mol. The van der Waals surface area contributed by atoms with Crippen LogP contribution in [0.25, 0.3) is 21.5 Å². The van der Waals surface area contributed by atoms with Crippen LogP contribution in [0.4, 0.5) is 0 Å². The molecule has 1 amide bonds. The van der Waals surface area contributed by atoms with Gasteiger partial charge in [-0.3, -0.25) is 4.79 Å². The molecule has 0 aliphatic heterocycles. The van der Waals surface area contributed by atoms with Gasteiger partial charge in [0.25, 0.3) is 5.91 Å². The van der Waals surface area contributed by atoms with E-state index in [1.807, 2.05) is 72.3 Å². The normalized spacial score (nSPS) is 11.5. The first-order valence-corrected chi connectivity index (χ1v) is 12.0. The standard InChI is InChI=1S/C26H20ClN5OS/c1-32-16-29-31-26(32)34-15-17-10-12-18(13-11-17)25(33)30-28-14-23-19-6-2-4-8-21(19)24(27)22-9-5-3-7-20(22)23/h2-14,16H,15H2,1H3,(H,30,33). The van der Waals surface area contributed by atoms with E-state index in [0.717, 1.165) is 43.6 Å². The smallest absolute Gasteiger partial charge is 0.271 e. The van der Waals surface area contributed by atoms with Crippen LogP contribution in [0, 0.1) is 0 Å². The predicted octanol–water partition coefficient (Wildman–Crippen LogP) is 5.83. The van der Waals surface area contributed by atoms with Gasteiger partial charge in [0.1, 0.15) is 6.33 Å². The van der Waals surface area contributed by atoms with Gasteiger partial charge in [-0.2, -0.15) is 5.10 Å². The highest BCUT2D eigenvalue weighted by Gasteiger charge is 2.11. The Morgan fingerprint density at radius 3 is 2.21 bits per heavy atom. The second kappa shape index (κ2) is 9.67. The first-order chi connectivity index (χ1) is 16.6. The average Bonchev–Trinajstić information content (AvgIpc) is 3.29. The number of benzene rings is 4. The Bertz CT molecular complexity index is 1470. The number of aromatic nitrogens is 3. The Morgan fingerprint density at radius 1 is 1.00 bits per heavy atom. The molecule has 0 radical (unpaired) electrons. The Balaban J connectivity index is 1.33. The average molecular weight is 486 g/mol. The van der Waals surface area contributed by atoms with Gasteiger partial charge in [-0.25, -0.2) is 5.43 Å². The summed E-state index contributed by atoms with van der Waals surface area (Å²) in [5.74, 6) is 0.467. The van der Waals surface area contributed by atoms with Crippen molar-refractivity contribution in [1.29, 1.82) is 0 Å². The Morgan fingerprint density at radius 2 is 1.62 bits per heavy atom. The summed E-state index contributed by atoms with van der Waals surface area (Å²) in [7, 11) is 1.91. The molecule has 1 aromatic heterocycles. The minimum absolute atomic E-state index is 0.272. The highest BCUT2D eigenvalue weighted by molar-refractivity contribution is 7.98. The predicted molar refractivity (Wildman–Crippen MR) is 139 cm³/mol. The van der Waals surface area contributed by atoms with E-state index in [-0.39, 0.29) is 5.91 Å². The zero-order valence-corrected chi connectivity index (χ0v) is 19.8. The summed E-state index contributed by atoms with van der Waals surface area (Å²) in [4.78, 5) is 12.6. The van der Waals surface area contributed by atoms with Crippen molar-refractivity contribution in [3.8, 4) is 0 Å². The number of hydrogen-bond acceptors (Lipinski definition) is 5. The third-order valence-corrected chi connectivity index (χ3v) is 7.03. The Labute approximate surface area is 205 Å². The molecule has 8 heteroatoms. The maximum Gasteiger partial charge on any atom is 0.271 e. The molecule has 1 heterocycles. The second-order valence-corrected chi connectivity index (χ2v) is 9.05. The van der Waals surface area contributed by atoms with Crippen LogP contribution in [0.1, 0.15) is 21.5 Å². The number of nitrogens with one attached hydrogen (secondary N) is 1. The van der Waals surface area contributed by atoms with Crippen LogP contribution in [0.2, 0.25) is 5.02 Å². The maximum absolute atomic E-state index is 12.6. The minimum Gasteiger partial charge on any atom is -0.312 e. The van der Waals surface area contributed by atoms with Gasteiger partial charge in [0.2, 0.25) is 0 Å². The molecule has 0 spiro atoms. The van der Waals surface area contributed by atoms with Crippen LogP contribution in [0.15, 0.2) is 89.4 Å². The fourth-order valence-electron chi connectivity index (χ4n) is 3.77. The summed E-state index contributed by atoms with van der Waals surface area (Å²) >= 11 is 8.25. The van der Waals surface area contributed by atoms with E-state index >= 15 is 0 Å². The highest BCUT2D eigenvalue weighted by atomic mass is 35.5. The van der Waals surface area contributed by atoms with Gasteiger partial charge in [-0.1, -0.05) is 84.0 Å². The molecule has 168 valence electrons. The van der Waals surface area contributed by atoms with E-state index in [0.29, 0.717) is 10.6 Å². The number of amides is 1. The summed E-state index contributed by atoms with van der Waals surface area (Å²) in [6.07, 6.45) is 3.36. The van der Waals surface area contributed by atoms with Gasteiger partial charge >= 0.3 is 0 Å². The van der Waals surface area contributed by atoms with E-state index < -0.39 is 0 Å². The molecule has 0 aliphatic carbocycles. The van der Waals surface area contributed by atoms with Gasteiger partial charge in [0.15, 0.2) is 5.16 Å². The molecule has 0 fully saturated rings. The number of rotatable bonds is 6. The van der Waals surface area contributed by atoms with E-state index in [1.54, 1.807) is 36.4 Å². The first-order valence-electron chi connectivity index (χ1n) is 10.6. The lowest BCUT2D eigenvalue weighted by atomic mass is 9.97. The van der Waals surface area contributed by atoms with Gasteiger partial charge < -0.3 is 4.57 Å². The van der Waals surface area contributed by atoms with E-state index in [2.05, 4.69) is 20.7 Å². The largest absolute Gasteiger partial charge is 0.312 e. The number of aryl methyl sites for hydroxylation is 1. The molecule has 5 aromatic rings. The van der Waals surface area contributed by atoms with Crippen molar-refractivity contribution in [2.45, 2.75) is 10.9 Å². The SMILES string of the molecule is Cn1cnnc1SCc1ccc(C(=O)NN=Cc2c3ccccc3c(Cl)c3ccccc23)cc1. The second-order valence-electron chi connectivity index (χ2n) is 7.73. The van der Waals surface area contributed by atoms with Crippen molar-refractivity contribution < 1.29 is 4.79 Å². The summed E-state index contributed by atoms with van der Waals surface area (Å²) in [5, 5.41) is 17.6. The van der Waals surface area contributed by atoms with Crippen LogP contribution in [0.5, 0.6) is 0 Å². The van der Waals surface area contributed by atoms with Crippen molar-refractivity contribution >= 4 is 57.0 Å². The molecule has 0 saturated heterocycles.